The first-order chi connectivity index (χ1) is 6.18. The van der Waals surface area contributed by atoms with Crippen LogP contribution in [0.4, 0.5) is 0 Å². The van der Waals surface area contributed by atoms with Crippen LogP contribution in [0.3, 0.4) is 0 Å². The number of aryl methyl sites for hydroxylation is 1. The molecule has 0 saturated carbocycles. The number of aromatic nitrogens is 5. The molecule has 0 aromatic carbocycles. The normalized spacial score (nSPS) is 10.5. The first kappa shape index (κ1) is 7.59. The molecule has 0 radical (unpaired) electrons. The fourth-order valence-corrected chi connectivity index (χ4v) is 0.993. The minimum Gasteiger partial charge on any atom is -0.271 e. The molecule has 0 aromatic heterocycles. The zero-order valence-corrected chi connectivity index (χ0v) is 6.68. The highest BCUT2D eigenvalue weighted by molar-refractivity contribution is 5.46. The lowest BCUT2D eigenvalue weighted by atomic mass is 10.4. The molecule has 0 aromatic rings. The van der Waals surface area contributed by atoms with Crippen LogP contribution in [-0.4, -0.2) is 24.7 Å². The molecule has 66 valence electrons. The lowest BCUT2D eigenvalue weighted by molar-refractivity contribution is 0.699. The summed E-state index contributed by atoms with van der Waals surface area (Å²) < 4.78 is 1.32. The molecule has 13 heavy (non-hydrogen) atoms. The van der Waals surface area contributed by atoms with E-state index in [2.05, 4.69) is 15.1 Å². The van der Waals surface area contributed by atoms with Gasteiger partial charge >= 0.3 is 5.69 Å². The van der Waals surface area contributed by atoms with Crippen molar-refractivity contribution in [2.24, 2.45) is 7.05 Å². The second-order valence-electron chi connectivity index (χ2n) is 2.43. The Bertz CT molecular complexity index is 527. The summed E-state index contributed by atoms with van der Waals surface area (Å²) in [4.78, 5) is 31.3. The van der Waals surface area contributed by atoms with Crippen LogP contribution in [0.2, 0.25) is 0 Å². The monoisotopic (exact) mass is 179 g/mol. The Morgan fingerprint density at radius 2 is 2.23 bits per heavy atom. The standard InChI is InChI=1S/C6H5N5O2/c1-11-4-3(7-2-8-11)5(12)10-6(13)9-4/h2H,1H3,(H,10,12,13). The summed E-state index contributed by atoms with van der Waals surface area (Å²) in [6.07, 6.45) is 1.23. The van der Waals surface area contributed by atoms with Crippen LogP contribution in [0.5, 0.6) is 0 Å². The predicted octanol–water partition coefficient (Wildman–Crippen LogP) is -1.64. The molecule has 0 bridgehead atoms. The van der Waals surface area contributed by atoms with Crippen LogP contribution in [0.1, 0.15) is 0 Å². The van der Waals surface area contributed by atoms with Crippen LogP contribution in [0.25, 0.3) is 11.5 Å². The second-order valence-corrected chi connectivity index (χ2v) is 2.43. The van der Waals surface area contributed by atoms with Crippen molar-refractivity contribution in [1.82, 2.24) is 24.7 Å². The molecule has 2 heterocycles. The van der Waals surface area contributed by atoms with Crippen molar-refractivity contribution in [3.63, 3.8) is 0 Å². The smallest absolute Gasteiger partial charge is 0.271 e. The number of nitrogens with zero attached hydrogens (tertiary/aromatic N) is 4. The van der Waals surface area contributed by atoms with Crippen LogP contribution in [0, 0.1) is 0 Å². The van der Waals surface area contributed by atoms with Gasteiger partial charge in [0.1, 0.15) is 6.33 Å². The summed E-state index contributed by atoms with van der Waals surface area (Å²) in [5.74, 6) is 0.177. The Kier molecular flexibility index (Phi) is 1.44. The van der Waals surface area contributed by atoms with E-state index in [9.17, 15) is 9.59 Å². The van der Waals surface area contributed by atoms with Crippen molar-refractivity contribution in [2.45, 2.75) is 0 Å². The summed E-state index contributed by atoms with van der Waals surface area (Å²) >= 11 is 0. The molecular formula is C6H5N5O2. The van der Waals surface area contributed by atoms with Crippen LogP contribution in [0.15, 0.2) is 15.9 Å². The van der Waals surface area contributed by atoms with E-state index in [1.54, 1.807) is 7.05 Å². The second kappa shape index (κ2) is 2.47. The first-order valence-electron chi connectivity index (χ1n) is 3.47. The molecule has 2 rings (SSSR count). The summed E-state index contributed by atoms with van der Waals surface area (Å²) in [7, 11) is 1.58. The number of H-pyrrole nitrogens is 1. The van der Waals surface area contributed by atoms with Gasteiger partial charge in [-0.05, 0) is 0 Å². The third-order valence-corrected chi connectivity index (χ3v) is 1.57. The zero-order chi connectivity index (χ0) is 9.42. The average Bonchev–Trinajstić information content (AvgIpc) is 2.07. The molecule has 0 unspecified atom stereocenters. The number of hydrogen-bond donors (Lipinski definition) is 1. The maximum Gasteiger partial charge on any atom is 0.349 e. The average molecular weight is 179 g/mol. The SMILES string of the molecule is Cn1ncnc2c(=O)[nH]c(=O)nc1-2. The van der Waals surface area contributed by atoms with Crippen molar-refractivity contribution in [3.05, 3.63) is 27.2 Å². The summed E-state index contributed by atoms with van der Waals surface area (Å²) in [6.45, 7) is 0. The van der Waals surface area contributed by atoms with Gasteiger partial charge in [0, 0.05) is 7.05 Å². The van der Waals surface area contributed by atoms with Crippen molar-refractivity contribution >= 4 is 0 Å². The van der Waals surface area contributed by atoms with E-state index in [1.165, 1.54) is 11.0 Å². The molecule has 7 heteroatoms. The predicted molar refractivity (Wildman–Crippen MR) is 42.3 cm³/mol. The Hall–Kier alpha value is -2.05. The topological polar surface area (TPSA) is 93.5 Å². The lowest BCUT2D eigenvalue weighted by Crippen LogP contribution is -2.28. The van der Waals surface area contributed by atoms with Crippen molar-refractivity contribution in [1.29, 1.82) is 0 Å². The van der Waals surface area contributed by atoms with Crippen LogP contribution < -0.4 is 11.2 Å². The Balaban J connectivity index is 3.01. The molecule has 0 fully saturated rings. The van der Waals surface area contributed by atoms with Gasteiger partial charge < -0.3 is 0 Å². The molecule has 0 atom stereocenters. The number of hydrogen-bond acceptors (Lipinski definition) is 5. The molecule has 0 aliphatic carbocycles. The van der Waals surface area contributed by atoms with Gasteiger partial charge in [0.25, 0.3) is 5.56 Å². The van der Waals surface area contributed by atoms with Gasteiger partial charge in [0.15, 0.2) is 11.5 Å². The van der Waals surface area contributed by atoms with Crippen molar-refractivity contribution < 1.29 is 0 Å². The van der Waals surface area contributed by atoms with Gasteiger partial charge in [0.05, 0.1) is 0 Å². The molecule has 2 aliphatic rings. The third-order valence-electron chi connectivity index (χ3n) is 1.57. The first-order valence-corrected chi connectivity index (χ1v) is 3.47. The molecule has 2 aliphatic heterocycles. The molecular weight excluding hydrogens is 174 g/mol. The maximum atomic E-state index is 11.2. The van der Waals surface area contributed by atoms with E-state index < -0.39 is 11.2 Å². The van der Waals surface area contributed by atoms with E-state index in [0.29, 0.717) is 0 Å². The Morgan fingerprint density at radius 1 is 1.46 bits per heavy atom. The fourth-order valence-electron chi connectivity index (χ4n) is 0.993. The molecule has 1 N–H and O–H groups in total. The highest BCUT2D eigenvalue weighted by atomic mass is 16.2. The van der Waals surface area contributed by atoms with Gasteiger partial charge in [-0.3, -0.25) is 9.78 Å². The molecule has 0 saturated heterocycles. The molecule has 0 amide bonds. The molecule has 7 nitrogen and oxygen atoms in total. The lowest BCUT2D eigenvalue weighted by Gasteiger charge is -2.03. The van der Waals surface area contributed by atoms with E-state index in [1.807, 2.05) is 4.98 Å². The quantitative estimate of drug-likeness (QED) is 0.523. The Labute approximate surface area is 71.4 Å². The minimum absolute atomic E-state index is 0.108. The van der Waals surface area contributed by atoms with E-state index in [-0.39, 0.29) is 11.5 Å². The number of nitrogens with one attached hydrogen (secondary N) is 1. The van der Waals surface area contributed by atoms with E-state index in [4.69, 9.17) is 0 Å². The number of fused-ring (bicyclic) bond motifs is 1. The summed E-state index contributed by atoms with van der Waals surface area (Å²) in [6, 6.07) is 0. The van der Waals surface area contributed by atoms with Gasteiger partial charge in [-0.15, -0.1) is 0 Å². The zero-order valence-electron chi connectivity index (χ0n) is 6.68. The van der Waals surface area contributed by atoms with Crippen molar-refractivity contribution in [3.8, 4) is 11.5 Å². The van der Waals surface area contributed by atoms with Gasteiger partial charge in [-0.2, -0.15) is 10.1 Å². The Morgan fingerprint density at radius 3 is 3.00 bits per heavy atom. The number of aromatic amines is 1. The minimum atomic E-state index is -0.692. The summed E-state index contributed by atoms with van der Waals surface area (Å²) in [5.41, 5.74) is -1.13. The van der Waals surface area contributed by atoms with E-state index in [0.717, 1.165) is 0 Å². The van der Waals surface area contributed by atoms with Crippen LogP contribution >= 0.6 is 0 Å². The number of rotatable bonds is 0. The third kappa shape index (κ3) is 1.10. The van der Waals surface area contributed by atoms with E-state index >= 15 is 0 Å². The largest absolute Gasteiger partial charge is 0.349 e. The van der Waals surface area contributed by atoms with Gasteiger partial charge in [-0.1, -0.05) is 0 Å². The maximum absolute atomic E-state index is 11.2. The van der Waals surface area contributed by atoms with Gasteiger partial charge in [0.2, 0.25) is 0 Å². The van der Waals surface area contributed by atoms with Crippen LogP contribution in [-0.2, 0) is 7.05 Å². The highest BCUT2D eigenvalue weighted by Crippen LogP contribution is 2.03. The molecule has 0 spiro atoms. The fraction of sp³-hybridized carbons (Fsp3) is 0.167. The highest BCUT2D eigenvalue weighted by Gasteiger charge is 2.12. The summed E-state index contributed by atoms with van der Waals surface area (Å²) in [5, 5.41) is 3.74. The van der Waals surface area contributed by atoms with Gasteiger partial charge in [-0.25, -0.2) is 14.5 Å². The van der Waals surface area contributed by atoms with Crippen molar-refractivity contribution in [2.75, 3.05) is 0 Å².